The lowest BCUT2D eigenvalue weighted by Gasteiger charge is -2.10. The molecule has 1 amide bonds. The minimum absolute atomic E-state index is 0.0495. The van der Waals surface area contributed by atoms with Crippen LogP contribution >= 0.6 is 11.3 Å². The van der Waals surface area contributed by atoms with Crippen molar-refractivity contribution in [2.75, 3.05) is 26.1 Å². The summed E-state index contributed by atoms with van der Waals surface area (Å²) in [6.45, 7) is 2.88. The molecule has 0 spiro atoms. The molecule has 0 saturated carbocycles. The van der Waals surface area contributed by atoms with Gasteiger partial charge in [-0.1, -0.05) is 0 Å². The molecule has 10 heteroatoms. The van der Waals surface area contributed by atoms with E-state index in [1.54, 1.807) is 13.8 Å². The summed E-state index contributed by atoms with van der Waals surface area (Å²) in [7, 11) is 2.38. The average Bonchev–Trinajstić information content (AvgIpc) is 3.02. The van der Waals surface area contributed by atoms with Gasteiger partial charge in [-0.25, -0.2) is 19.4 Å². The van der Waals surface area contributed by atoms with Crippen molar-refractivity contribution in [2.24, 2.45) is 0 Å². The minimum atomic E-state index is -0.691. The molecule has 2 rings (SSSR count). The van der Waals surface area contributed by atoms with Crippen molar-refractivity contribution in [2.45, 2.75) is 13.8 Å². The SMILES string of the molecule is COC(=O)c1cc(NC(=O)COC(=O)c2sc(C)nc2C)cc(C(=O)OC)c1. The van der Waals surface area contributed by atoms with Crippen LogP contribution in [0.5, 0.6) is 0 Å². The molecule has 0 bridgehead atoms. The van der Waals surface area contributed by atoms with E-state index in [1.807, 2.05) is 0 Å². The van der Waals surface area contributed by atoms with Gasteiger partial charge in [0, 0.05) is 5.69 Å². The number of benzene rings is 1. The second kappa shape index (κ2) is 9.09. The first kappa shape index (κ1) is 21.0. The molecule has 0 aliphatic heterocycles. The molecule has 2 aromatic rings. The Balaban J connectivity index is 2.10. The number of amides is 1. The van der Waals surface area contributed by atoms with Crippen LogP contribution in [0.3, 0.4) is 0 Å². The highest BCUT2D eigenvalue weighted by Crippen LogP contribution is 2.19. The average molecular weight is 406 g/mol. The van der Waals surface area contributed by atoms with Crippen molar-refractivity contribution in [3.05, 3.63) is 44.9 Å². The van der Waals surface area contributed by atoms with Gasteiger partial charge in [-0.3, -0.25) is 4.79 Å². The van der Waals surface area contributed by atoms with Gasteiger partial charge in [0.2, 0.25) is 0 Å². The van der Waals surface area contributed by atoms with Gasteiger partial charge in [0.25, 0.3) is 5.91 Å². The molecule has 0 aliphatic rings. The number of rotatable bonds is 6. The fourth-order valence-electron chi connectivity index (χ4n) is 2.29. The molecule has 1 aromatic heterocycles. The number of anilines is 1. The molecule has 0 fully saturated rings. The van der Waals surface area contributed by atoms with E-state index in [2.05, 4.69) is 19.8 Å². The van der Waals surface area contributed by atoms with Crippen molar-refractivity contribution in [1.29, 1.82) is 0 Å². The zero-order valence-corrected chi connectivity index (χ0v) is 16.5. The smallest absolute Gasteiger partial charge is 0.350 e. The van der Waals surface area contributed by atoms with Crippen LogP contribution < -0.4 is 5.32 Å². The van der Waals surface area contributed by atoms with Crippen LogP contribution in [-0.4, -0.2) is 49.6 Å². The first-order valence-corrected chi connectivity index (χ1v) is 8.79. The number of esters is 3. The quantitative estimate of drug-likeness (QED) is 0.572. The van der Waals surface area contributed by atoms with E-state index in [0.717, 1.165) is 0 Å². The van der Waals surface area contributed by atoms with Crippen LogP contribution in [-0.2, 0) is 19.0 Å². The molecule has 148 valence electrons. The summed E-state index contributed by atoms with van der Waals surface area (Å²) in [6, 6.07) is 3.94. The summed E-state index contributed by atoms with van der Waals surface area (Å²) >= 11 is 1.17. The fraction of sp³-hybridized carbons (Fsp3) is 0.278. The maximum Gasteiger partial charge on any atom is 0.350 e. The number of hydrogen-bond donors (Lipinski definition) is 1. The van der Waals surface area contributed by atoms with E-state index in [1.165, 1.54) is 43.8 Å². The summed E-state index contributed by atoms with van der Waals surface area (Å²) < 4.78 is 14.2. The monoisotopic (exact) mass is 406 g/mol. The van der Waals surface area contributed by atoms with Gasteiger partial charge in [0.15, 0.2) is 6.61 Å². The lowest BCUT2D eigenvalue weighted by Crippen LogP contribution is -2.21. The number of ether oxygens (including phenoxy) is 3. The third kappa shape index (κ3) is 5.13. The van der Waals surface area contributed by atoms with Crippen LogP contribution in [0.4, 0.5) is 5.69 Å². The van der Waals surface area contributed by atoms with Crippen LogP contribution in [0.1, 0.15) is 41.1 Å². The summed E-state index contributed by atoms with van der Waals surface area (Å²) in [5, 5.41) is 3.18. The Morgan fingerprint density at radius 2 is 1.54 bits per heavy atom. The largest absolute Gasteiger partial charge is 0.465 e. The Morgan fingerprint density at radius 3 is 2.00 bits per heavy atom. The first-order chi connectivity index (χ1) is 13.2. The van der Waals surface area contributed by atoms with Gasteiger partial charge in [-0.2, -0.15) is 0 Å². The van der Waals surface area contributed by atoms with Crippen LogP contribution in [0.25, 0.3) is 0 Å². The van der Waals surface area contributed by atoms with Gasteiger partial charge in [0.1, 0.15) is 4.88 Å². The van der Waals surface area contributed by atoms with E-state index in [9.17, 15) is 19.2 Å². The Kier molecular flexibility index (Phi) is 6.83. The van der Waals surface area contributed by atoms with Crippen molar-refractivity contribution in [3.8, 4) is 0 Å². The fourth-order valence-corrected chi connectivity index (χ4v) is 3.10. The molecule has 9 nitrogen and oxygen atoms in total. The van der Waals surface area contributed by atoms with E-state index < -0.39 is 30.4 Å². The number of aromatic nitrogens is 1. The molecular weight excluding hydrogens is 388 g/mol. The maximum absolute atomic E-state index is 12.1. The predicted octanol–water partition coefficient (Wildman–Crippen LogP) is 2.13. The molecule has 1 N–H and O–H groups in total. The Bertz CT molecular complexity index is 902. The third-order valence-electron chi connectivity index (χ3n) is 3.48. The van der Waals surface area contributed by atoms with Crippen molar-refractivity contribution in [1.82, 2.24) is 4.98 Å². The third-order valence-corrected chi connectivity index (χ3v) is 4.54. The summed E-state index contributed by atoms with van der Waals surface area (Å²) in [5.74, 6) is -2.69. The number of carbonyl (C=O) groups is 4. The molecular formula is C18H18N2O7S. The van der Waals surface area contributed by atoms with Gasteiger partial charge in [0.05, 0.1) is 36.0 Å². The highest BCUT2D eigenvalue weighted by molar-refractivity contribution is 7.13. The van der Waals surface area contributed by atoms with Crippen LogP contribution in [0.15, 0.2) is 18.2 Å². The molecule has 0 saturated heterocycles. The number of nitrogens with one attached hydrogen (secondary N) is 1. The molecule has 0 aliphatic carbocycles. The van der Waals surface area contributed by atoms with Crippen LogP contribution in [0, 0.1) is 13.8 Å². The Hall–Kier alpha value is -3.27. The molecule has 1 aromatic carbocycles. The zero-order chi connectivity index (χ0) is 20.8. The van der Waals surface area contributed by atoms with E-state index in [4.69, 9.17) is 4.74 Å². The number of nitrogens with zero attached hydrogens (tertiary/aromatic N) is 1. The first-order valence-electron chi connectivity index (χ1n) is 7.98. The number of methoxy groups -OCH3 is 2. The molecule has 1 heterocycles. The molecule has 28 heavy (non-hydrogen) atoms. The lowest BCUT2D eigenvalue weighted by atomic mass is 10.1. The van der Waals surface area contributed by atoms with Crippen molar-refractivity contribution >= 4 is 40.8 Å². The van der Waals surface area contributed by atoms with E-state index >= 15 is 0 Å². The number of aryl methyl sites for hydroxylation is 2. The normalized spacial score (nSPS) is 10.1. The standard InChI is InChI=1S/C18H18N2O7S/c1-9-15(28-10(2)19-9)18(24)27-8-14(21)20-13-6-11(16(22)25-3)5-12(7-13)17(23)26-4/h5-7H,8H2,1-4H3,(H,20,21). The van der Waals surface area contributed by atoms with Gasteiger partial charge in [-0.15, -0.1) is 11.3 Å². The van der Waals surface area contributed by atoms with Crippen molar-refractivity contribution < 1.29 is 33.4 Å². The van der Waals surface area contributed by atoms with Gasteiger partial charge < -0.3 is 19.5 Å². The second-order valence-electron chi connectivity index (χ2n) is 5.55. The molecule has 0 radical (unpaired) electrons. The summed E-state index contributed by atoms with van der Waals surface area (Å²) in [4.78, 5) is 52.1. The highest BCUT2D eigenvalue weighted by Gasteiger charge is 2.18. The Labute approximate surface area is 164 Å². The summed E-state index contributed by atoms with van der Waals surface area (Å²) in [5.41, 5.74) is 0.775. The van der Waals surface area contributed by atoms with Crippen molar-refractivity contribution in [3.63, 3.8) is 0 Å². The predicted molar refractivity (Wildman–Crippen MR) is 99.6 cm³/mol. The lowest BCUT2D eigenvalue weighted by molar-refractivity contribution is -0.119. The topological polar surface area (TPSA) is 121 Å². The highest BCUT2D eigenvalue weighted by atomic mass is 32.1. The van der Waals surface area contributed by atoms with E-state index in [0.29, 0.717) is 15.6 Å². The molecule has 0 atom stereocenters. The molecule has 0 unspecified atom stereocenters. The van der Waals surface area contributed by atoms with Gasteiger partial charge >= 0.3 is 17.9 Å². The maximum atomic E-state index is 12.1. The zero-order valence-electron chi connectivity index (χ0n) is 15.7. The number of thiazole rings is 1. The summed E-state index contributed by atoms with van der Waals surface area (Å²) in [6.07, 6.45) is 0. The van der Waals surface area contributed by atoms with Crippen LogP contribution in [0.2, 0.25) is 0 Å². The van der Waals surface area contributed by atoms with E-state index in [-0.39, 0.29) is 16.8 Å². The Morgan fingerprint density at radius 1 is 0.964 bits per heavy atom. The number of hydrogen-bond acceptors (Lipinski definition) is 9. The number of carbonyl (C=O) groups excluding carboxylic acids is 4. The van der Waals surface area contributed by atoms with Gasteiger partial charge in [-0.05, 0) is 32.0 Å². The minimum Gasteiger partial charge on any atom is -0.465 e. The second-order valence-corrected chi connectivity index (χ2v) is 6.76.